The summed E-state index contributed by atoms with van der Waals surface area (Å²) in [7, 11) is -1.99. The molecular formula is C18H21N3O3S. The Balaban J connectivity index is 1.72. The van der Waals surface area contributed by atoms with Gasteiger partial charge in [0.15, 0.2) is 0 Å². The highest BCUT2D eigenvalue weighted by Gasteiger charge is 2.30. The van der Waals surface area contributed by atoms with Crippen molar-refractivity contribution in [3.8, 4) is 0 Å². The normalized spacial score (nSPS) is 15.1. The Hall–Kier alpha value is -2.22. The van der Waals surface area contributed by atoms with Crippen LogP contribution in [0, 0.1) is 0 Å². The molecule has 1 heterocycles. The van der Waals surface area contributed by atoms with Gasteiger partial charge in [0.05, 0.1) is 0 Å². The first-order valence-electron chi connectivity index (χ1n) is 8.05. The van der Waals surface area contributed by atoms with Crippen LogP contribution in [0.5, 0.6) is 0 Å². The summed E-state index contributed by atoms with van der Waals surface area (Å²) >= 11 is 0. The molecule has 1 amide bonds. The molecule has 0 aliphatic carbocycles. The highest BCUT2D eigenvalue weighted by molar-refractivity contribution is 7.86. The van der Waals surface area contributed by atoms with Crippen LogP contribution in [0.3, 0.4) is 0 Å². The van der Waals surface area contributed by atoms with E-state index in [0.717, 1.165) is 17.5 Å². The summed E-state index contributed by atoms with van der Waals surface area (Å²) in [6.07, 6.45) is 0.719. The fourth-order valence-electron chi connectivity index (χ4n) is 2.98. The van der Waals surface area contributed by atoms with E-state index in [1.54, 1.807) is 31.3 Å². The molecule has 1 aliphatic rings. The van der Waals surface area contributed by atoms with Gasteiger partial charge in [-0.1, -0.05) is 36.4 Å². The molecule has 0 radical (unpaired) electrons. The van der Waals surface area contributed by atoms with E-state index in [-0.39, 0.29) is 6.54 Å². The first-order valence-corrected chi connectivity index (χ1v) is 9.44. The molecule has 0 saturated carbocycles. The predicted molar refractivity (Wildman–Crippen MR) is 95.9 cm³/mol. The first-order chi connectivity index (χ1) is 11.9. The van der Waals surface area contributed by atoms with E-state index in [0.29, 0.717) is 18.7 Å². The number of hydrogen-bond acceptors (Lipinski definition) is 3. The Labute approximate surface area is 148 Å². The molecule has 0 saturated heterocycles. The van der Waals surface area contributed by atoms with E-state index in [1.807, 2.05) is 24.3 Å². The van der Waals surface area contributed by atoms with Crippen molar-refractivity contribution in [2.45, 2.75) is 19.5 Å². The molecule has 2 aromatic carbocycles. The highest BCUT2D eigenvalue weighted by Crippen LogP contribution is 2.22. The Kier molecular flexibility index (Phi) is 4.89. The molecule has 25 heavy (non-hydrogen) atoms. The van der Waals surface area contributed by atoms with Crippen LogP contribution in [0.1, 0.15) is 27.0 Å². The predicted octanol–water partition coefficient (Wildman–Crippen LogP) is 1.52. The minimum Gasteiger partial charge on any atom is -0.366 e. The summed E-state index contributed by atoms with van der Waals surface area (Å²) in [6.45, 7) is 1.10. The molecule has 0 spiro atoms. The SMILES string of the molecule is CN(Cc1ccc(C(N)=O)cc1)S(=O)(=O)N1CCc2ccccc2C1. The summed E-state index contributed by atoms with van der Waals surface area (Å²) in [6, 6.07) is 14.6. The lowest BCUT2D eigenvalue weighted by Crippen LogP contribution is -2.43. The Morgan fingerprint density at radius 1 is 1.12 bits per heavy atom. The fraction of sp³-hybridized carbons (Fsp3) is 0.278. The summed E-state index contributed by atoms with van der Waals surface area (Å²) < 4.78 is 28.5. The molecule has 6 nitrogen and oxygen atoms in total. The third kappa shape index (κ3) is 3.73. The number of carbonyl (C=O) groups is 1. The summed E-state index contributed by atoms with van der Waals surface area (Å²) in [5.74, 6) is -0.500. The molecule has 3 rings (SSSR count). The number of nitrogens with zero attached hydrogens (tertiary/aromatic N) is 2. The molecule has 1 aliphatic heterocycles. The Morgan fingerprint density at radius 2 is 1.76 bits per heavy atom. The van der Waals surface area contributed by atoms with E-state index in [9.17, 15) is 13.2 Å². The van der Waals surface area contributed by atoms with Gasteiger partial charge in [-0.15, -0.1) is 0 Å². The highest BCUT2D eigenvalue weighted by atomic mass is 32.2. The molecule has 2 aromatic rings. The zero-order chi connectivity index (χ0) is 18.0. The number of fused-ring (bicyclic) bond motifs is 1. The van der Waals surface area contributed by atoms with Crippen LogP contribution >= 0.6 is 0 Å². The number of amides is 1. The van der Waals surface area contributed by atoms with Gasteiger partial charge in [-0.25, -0.2) is 0 Å². The standard InChI is InChI=1S/C18H21N3O3S/c1-20(12-14-6-8-16(9-7-14)18(19)22)25(23,24)21-11-10-15-4-2-3-5-17(15)13-21/h2-9H,10-13H2,1H3,(H2,19,22). The molecule has 2 N–H and O–H groups in total. The largest absolute Gasteiger partial charge is 0.366 e. The van der Waals surface area contributed by atoms with Crippen molar-refractivity contribution in [2.24, 2.45) is 5.73 Å². The topological polar surface area (TPSA) is 83.7 Å². The summed E-state index contributed by atoms with van der Waals surface area (Å²) in [4.78, 5) is 11.1. The van der Waals surface area contributed by atoms with Crippen molar-refractivity contribution in [1.29, 1.82) is 0 Å². The zero-order valence-corrected chi connectivity index (χ0v) is 14.9. The van der Waals surface area contributed by atoms with Gasteiger partial charge >= 0.3 is 0 Å². The van der Waals surface area contributed by atoms with Gasteiger partial charge in [-0.05, 0) is 35.2 Å². The van der Waals surface area contributed by atoms with Gasteiger partial charge < -0.3 is 5.73 Å². The lowest BCUT2D eigenvalue weighted by atomic mass is 10.0. The maximum atomic E-state index is 12.9. The van der Waals surface area contributed by atoms with E-state index in [2.05, 4.69) is 0 Å². The van der Waals surface area contributed by atoms with Gasteiger partial charge in [0.25, 0.3) is 10.2 Å². The van der Waals surface area contributed by atoms with Crippen molar-refractivity contribution in [1.82, 2.24) is 8.61 Å². The van der Waals surface area contributed by atoms with E-state index < -0.39 is 16.1 Å². The number of rotatable bonds is 5. The van der Waals surface area contributed by atoms with Crippen LogP contribution in [-0.4, -0.2) is 36.5 Å². The van der Waals surface area contributed by atoms with Crippen molar-refractivity contribution >= 4 is 16.1 Å². The smallest absolute Gasteiger partial charge is 0.282 e. The Morgan fingerprint density at radius 3 is 2.40 bits per heavy atom. The minimum absolute atomic E-state index is 0.236. The van der Waals surface area contributed by atoms with Crippen LogP contribution in [0.15, 0.2) is 48.5 Å². The van der Waals surface area contributed by atoms with E-state index in [1.165, 1.54) is 14.2 Å². The number of nitrogens with two attached hydrogens (primary N) is 1. The lowest BCUT2D eigenvalue weighted by molar-refractivity contribution is 0.1000. The third-order valence-electron chi connectivity index (χ3n) is 4.46. The van der Waals surface area contributed by atoms with Gasteiger partial charge in [0, 0.05) is 32.2 Å². The van der Waals surface area contributed by atoms with Gasteiger partial charge in [-0.3, -0.25) is 4.79 Å². The molecule has 0 atom stereocenters. The second-order valence-corrected chi connectivity index (χ2v) is 8.21. The molecule has 0 aromatic heterocycles. The molecule has 7 heteroatoms. The quantitative estimate of drug-likeness (QED) is 0.878. The molecule has 0 unspecified atom stereocenters. The second-order valence-electron chi connectivity index (χ2n) is 6.18. The summed E-state index contributed by atoms with van der Waals surface area (Å²) in [5, 5.41) is 0. The van der Waals surface area contributed by atoms with Crippen LogP contribution in [0.4, 0.5) is 0 Å². The number of hydrogen-bond donors (Lipinski definition) is 1. The van der Waals surface area contributed by atoms with Crippen molar-refractivity contribution in [3.05, 3.63) is 70.8 Å². The lowest BCUT2D eigenvalue weighted by Gasteiger charge is -2.31. The number of benzene rings is 2. The Bertz CT molecular complexity index is 879. The van der Waals surface area contributed by atoms with Gasteiger partial charge in [-0.2, -0.15) is 17.0 Å². The number of primary amides is 1. The summed E-state index contributed by atoms with van der Waals surface area (Å²) in [5.41, 5.74) is 8.68. The van der Waals surface area contributed by atoms with E-state index in [4.69, 9.17) is 5.73 Å². The van der Waals surface area contributed by atoms with Crippen molar-refractivity contribution in [3.63, 3.8) is 0 Å². The molecule has 0 bridgehead atoms. The van der Waals surface area contributed by atoms with Crippen LogP contribution < -0.4 is 5.73 Å². The molecule has 132 valence electrons. The monoisotopic (exact) mass is 359 g/mol. The molecule has 0 fully saturated rings. The average molecular weight is 359 g/mol. The molecular weight excluding hydrogens is 338 g/mol. The van der Waals surface area contributed by atoms with E-state index >= 15 is 0 Å². The van der Waals surface area contributed by atoms with Crippen LogP contribution in [0.2, 0.25) is 0 Å². The maximum Gasteiger partial charge on any atom is 0.282 e. The zero-order valence-electron chi connectivity index (χ0n) is 14.1. The third-order valence-corrected chi connectivity index (χ3v) is 6.34. The average Bonchev–Trinajstić information content (AvgIpc) is 2.61. The fourth-order valence-corrected chi connectivity index (χ4v) is 4.31. The van der Waals surface area contributed by atoms with Crippen molar-refractivity contribution < 1.29 is 13.2 Å². The van der Waals surface area contributed by atoms with Crippen LogP contribution in [-0.2, 0) is 29.7 Å². The first kappa shape index (κ1) is 17.6. The maximum absolute atomic E-state index is 12.9. The van der Waals surface area contributed by atoms with Gasteiger partial charge in [0.2, 0.25) is 5.91 Å². The van der Waals surface area contributed by atoms with Crippen LogP contribution in [0.25, 0.3) is 0 Å². The van der Waals surface area contributed by atoms with Crippen molar-refractivity contribution in [2.75, 3.05) is 13.6 Å². The minimum atomic E-state index is -3.55. The second kappa shape index (κ2) is 6.95. The number of carbonyl (C=O) groups excluding carboxylic acids is 1. The van der Waals surface area contributed by atoms with Gasteiger partial charge in [0.1, 0.15) is 0 Å².